The van der Waals surface area contributed by atoms with Crippen LogP contribution in [0.25, 0.3) is 11.1 Å². The van der Waals surface area contributed by atoms with Crippen molar-refractivity contribution in [2.24, 2.45) is 5.92 Å². The lowest BCUT2D eigenvalue weighted by Gasteiger charge is -2.32. The van der Waals surface area contributed by atoms with Crippen molar-refractivity contribution in [1.29, 1.82) is 0 Å². The second-order valence-corrected chi connectivity index (χ2v) is 9.67. The molecule has 2 aromatic rings. The Bertz CT molecular complexity index is 1020. The topological polar surface area (TPSA) is 38.3 Å². The van der Waals surface area contributed by atoms with E-state index in [9.17, 15) is 31.1 Å². The molecule has 1 N–H and O–H groups in total. The number of hydrogen-bond acceptors (Lipinski definition) is 3. The van der Waals surface area contributed by atoms with Crippen LogP contribution in [0.5, 0.6) is 0 Å². The van der Waals surface area contributed by atoms with Gasteiger partial charge in [0, 0.05) is 6.54 Å². The Hall–Kier alpha value is -2.55. The molecule has 0 aromatic heterocycles. The van der Waals surface area contributed by atoms with E-state index in [1.165, 1.54) is 12.1 Å². The molecule has 3 unspecified atom stereocenters. The van der Waals surface area contributed by atoms with Crippen LogP contribution in [0, 0.1) is 5.92 Å². The zero-order chi connectivity index (χ0) is 26.7. The predicted octanol–water partition coefficient (Wildman–Crippen LogP) is 7.46. The van der Waals surface area contributed by atoms with Crippen molar-refractivity contribution in [2.75, 3.05) is 13.2 Å². The molecule has 0 radical (unpaired) electrons. The van der Waals surface area contributed by atoms with Crippen LogP contribution in [0.1, 0.15) is 68.6 Å². The highest BCUT2D eigenvalue weighted by Gasteiger charge is 2.41. The number of nitrogens with one attached hydrogen (secondary N) is 1. The predicted molar refractivity (Wildman–Crippen MR) is 126 cm³/mol. The molecule has 3 rings (SSSR count). The average Bonchev–Trinajstić information content (AvgIpc) is 2.81. The molecule has 2 aromatic carbocycles. The third kappa shape index (κ3) is 7.02. The fraction of sp³-hybridized carbons (Fsp3) is 0.519. The minimum absolute atomic E-state index is 0.0820. The lowest BCUT2D eigenvalue weighted by molar-refractivity contribution is -0.160. The number of ether oxygens (including phenoxy) is 1. The van der Waals surface area contributed by atoms with E-state index in [2.05, 4.69) is 5.32 Å². The highest BCUT2D eigenvalue weighted by atomic mass is 19.4. The summed E-state index contributed by atoms with van der Waals surface area (Å²) in [5.74, 6) is -1.08. The van der Waals surface area contributed by atoms with Crippen molar-refractivity contribution in [3.63, 3.8) is 0 Å². The molecule has 0 aliphatic carbocycles. The van der Waals surface area contributed by atoms with Crippen molar-refractivity contribution in [3.05, 3.63) is 59.2 Å². The minimum atomic E-state index is -4.47. The number of hydrogen-bond donors (Lipinski definition) is 1. The van der Waals surface area contributed by atoms with Crippen LogP contribution < -0.4 is 5.32 Å². The van der Waals surface area contributed by atoms with Gasteiger partial charge in [-0.15, -0.1) is 0 Å². The highest BCUT2D eigenvalue weighted by molar-refractivity contribution is 5.79. The summed E-state index contributed by atoms with van der Waals surface area (Å²) in [6.07, 6.45) is -8.10. The molecule has 1 aliphatic heterocycles. The van der Waals surface area contributed by atoms with E-state index in [0.29, 0.717) is 29.5 Å². The van der Waals surface area contributed by atoms with E-state index in [1.54, 1.807) is 19.1 Å². The summed E-state index contributed by atoms with van der Waals surface area (Å²) >= 11 is 0. The summed E-state index contributed by atoms with van der Waals surface area (Å²) in [5, 5.41) is 2.57. The lowest BCUT2D eigenvalue weighted by Crippen LogP contribution is -2.47. The van der Waals surface area contributed by atoms with Gasteiger partial charge in [-0.05, 0) is 72.4 Å². The summed E-state index contributed by atoms with van der Waals surface area (Å²) in [4.78, 5) is 12.8. The van der Waals surface area contributed by atoms with E-state index >= 15 is 0 Å². The highest BCUT2D eigenvalue weighted by Crippen LogP contribution is 2.38. The number of carbonyl (C=O) groups excluding carboxylic acids is 1. The molecular weight excluding hydrogens is 484 g/mol. The van der Waals surface area contributed by atoms with Gasteiger partial charge in [0.05, 0.1) is 18.1 Å². The van der Waals surface area contributed by atoms with Gasteiger partial charge in [-0.3, -0.25) is 4.79 Å². The van der Waals surface area contributed by atoms with Crippen LogP contribution >= 0.6 is 0 Å². The van der Waals surface area contributed by atoms with E-state index in [4.69, 9.17) is 4.74 Å². The lowest BCUT2D eigenvalue weighted by atomic mass is 9.82. The van der Waals surface area contributed by atoms with Gasteiger partial charge in [0.2, 0.25) is 0 Å². The molecule has 3 atom stereocenters. The SMILES string of the molecule is CCOC(=O)C(CC(C)C)c1cc(-c2ccc(C(F)(F)F)cc2)cc(C2CCC(C(F)(F)F)NC2)c1. The van der Waals surface area contributed by atoms with Crippen LogP contribution in [-0.4, -0.2) is 31.3 Å². The van der Waals surface area contributed by atoms with E-state index in [1.807, 2.05) is 19.9 Å². The fourth-order valence-electron chi connectivity index (χ4n) is 4.63. The van der Waals surface area contributed by atoms with E-state index in [-0.39, 0.29) is 31.4 Å². The van der Waals surface area contributed by atoms with Gasteiger partial charge in [0.15, 0.2) is 0 Å². The Morgan fingerprint density at radius 3 is 2.17 bits per heavy atom. The van der Waals surface area contributed by atoms with Gasteiger partial charge in [-0.25, -0.2) is 0 Å². The van der Waals surface area contributed by atoms with Crippen LogP contribution in [0.4, 0.5) is 26.3 Å². The van der Waals surface area contributed by atoms with Gasteiger partial charge < -0.3 is 10.1 Å². The maximum absolute atomic E-state index is 13.1. The van der Waals surface area contributed by atoms with Crippen molar-refractivity contribution >= 4 is 5.97 Å². The Morgan fingerprint density at radius 1 is 1.00 bits per heavy atom. The summed E-state index contributed by atoms with van der Waals surface area (Å²) in [6, 6.07) is 8.55. The number of piperidine rings is 1. The number of carbonyl (C=O) groups is 1. The summed E-state index contributed by atoms with van der Waals surface area (Å²) in [5.41, 5.74) is 1.74. The van der Waals surface area contributed by atoms with Gasteiger partial charge in [-0.1, -0.05) is 44.2 Å². The summed E-state index contributed by atoms with van der Waals surface area (Å²) < 4.78 is 83.9. The second kappa shape index (κ2) is 11.2. The molecule has 0 saturated carbocycles. The maximum Gasteiger partial charge on any atom is 0.416 e. The van der Waals surface area contributed by atoms with Crippen LogP contribution in [0.3, 0.4) is 0 Å². The number of alkyl halides is 6. The van der Waals surface area contributed by atoms with Gasteiger partial charge in [0.1, 0.15) is 6.04 Å². The second-order valence-electron chi connectivity index (χ2n) is 9.67. The molecule has 1 fully saturated rings. The first-order valence-corrected chi connectivity index (χ1v) is 12.1. The Kier molecular flexibility index (Phi) is 8.75. The molecule has 0 bridgehead atoms. The molecule has 0 amide bonds. The molecule has 198 valence electrons. The molecule has 36 heavy (non-hydrogen) atoms. The maximum atomic E-state index is 13.1. The average molecular weight is 516 g/mol. The fourth-order valence-corrected chi connectivity index (χ4v) is 4.63. The molecule has 3 nitrogen and oxygen atoms in total. The monoisotopic (exact) mass is 515 g/mol. The van der Waals surface area contributed by atoms with Crippen molar-refractivity contribution < 1.29 is 35.9 Å². The zero-order valence-electron chi connectivity index (χ0n) is 20.5. The number of rotatable bonds is 7. The zero-order valence-corrected chi connectivity index (χ0v) is 20.5. The third-order valence-corrected chi connectivity index (χ3v) is 6.48. The Balaban J connectivity index is 2.03. The third-order valence-electron chi connectivity index (χ3n) is 6.48. The van der Waals surface area contributed by atoms with Gasteiger partial charge in [0.25, 0.3) is 0 Å². The minimum Gasteiger partial charge on any atom is -0.466 e. The smallest absolute Gasteiger partial charge is 0.416 e. The van der Waals surface area contributed by atoms with Crippen LogP contribution in [-0.2, 0) is 15.7 Å². The quantitative estimate of drug-likeness (QED) is 0.307. The Morgan fingerprint density at radius 2 is 1.67 bits per heavy atom. The molecule has 1 heterocycles. The summed E-state index contributed by atoms with van der Waals surface area (Å²) in [6.45, 7) is 5.95. The molecular formula is C27H31F6NO2. The molecule has 9 heteroatoms. The van der Waals surface area contributed by atoms with E-state index in [0.717, 1.165) is 17.7 Å². The summed E-state index contributed by atoms with van der Waals surface area (Å²) in [7, 11) is 0. The number of esters is 1. The first kappa shape index (κ1) is 28.0. The molecule has 1 aliphatic rings. The van der Waals surface area contributed by atoms with Crippen molar-refractivity contribution in [2.45, 2.75) is 70.3 Å². The largest absolute Gasteiger partial charge is 0.466 e. The Labute approximate surface area is 207 Å². The van der Waals surface area contributed by atoms with Crippen molar-refractivity contribution in [1.82, 2.24) is 5.32 Å². The first-order chi connectivity index (χ1) is 16.8. The van der Waals surface area contributed by atoms with E-state index < -0.39 is 35.8 Å². The number of halogens is 6. The number of benzene rings is 2. The van der Waals surface area contributed by atoms with Crippen LogP contribution in [0.2, 0.25) is 0 Å². The first-order valence-electron chi connectivity index (χ1n) is 12.1. The van der Waals surface area contributed by atoms with Gasteiger partial charge >= 0.3 is 18.3 Å². The standard InChI is InChI=1S/C27H31F6NO2/c1-4-36-25(35)23(11-16(2)3)21-13-19(17-5-8-22(9-6-17)26(28,29)30)12-20(14-21)18-7-10-24(34-15-18)27(31,32)33/h5-6,8-9,12-14,16,18,23-24,34H,4,7,10-11,15H2,1-3H3. The van der Waals surface area contributed by atoms with Crippen molar-refractivity contribution in [3.8, 4) is 11.1 Å². The normalized spacial score (nSPS) is 19.8. The molecule has 1 saturated heterocycles. The van der Waals surface area contributed by atoms with Crippen LogP contribution in [0.15, 0.2) is 42.5 Å². The molecule has 0 spiro atoms. The van der Waals surface area contributed by atoms with Gasteiger partial charge in [-0.2, -0.15) is 26.3 Å².